The molecule has 4 aliphatic carbocycles. The van der Waals surface area contributed by atoms with Crippen molar-refractivity contribution < 1.29 is 9.47 Å². The quantitative estimate of drug-likeness (QED) is 0.789. The van der Waals surface area contributed by atoms with Gasteiger partial charge < -0.3 is 9.47 Å². The van der Waals surface area contributed by atoms with Crippen LogP contribution in [0, 0.1) is 11.3 Å². The molecule has 4 atom stereocenters. The van der Waals surface area contributed by atoms with E-state index in [4.69, 9.17) is 9.47 Å². The molecule has 96 valence electrons. The number of fused-ring (bicyclic) bond motifs is 1. The summed E-state index contributed by atoms with van der Waals surface area (Å²) in [5.41, 5.74) is 3.48. The summed E-state index contributed by atoms with van der Waals surface area (Å²) in [4.78, 5) is 0. The van der Waals surface area contributed by atoms with Gasteiger partial charge in [-0.1, -0.05) is 6.92 Å². The molecule has 2 saturated carbocycles. The Morgan fingerprint density at radius 1 is 1.06 bits per heavy atom. The molecule has 2 heteroatoms. The zero-order chi connectivity index (χ0) is 12.5. The van der Waals surface area contributed by atoms with Gasteiger partial charge in [0.15, 0.2) is 0 Å². The van der Waals surface area contributed by atoms with Crippen LogP contribution in [0.1, 0.15) is 49.1 Å². The number of hydrogen-bond donors (Lipinski definition) is 0. The van der Waals surface area contributed by atoms with Crippen LogP contribution < -0.4 is 9.47 Å². The van der Waals surface area contributed by atoms with E-state index in [9.17, 15) is 0 Å². The van der Waals surface area contributed by atoms with E-state index < -0.39 is 0 Å². The van der Waals surface area contributed by atoms with E-state index in [1.165, 1.54) is 30.4 Å². The maximum absolute atomic E-state index is 5.62. The first-order chi connectivity index (χ1) is 8.70. The largest absolute Gasteiger partial charge is 0.496 e. The van der Waals surface area contributed by atoms with Crippen LogP contribution in [0.3, 0.4) is 0 Å². The minimum atomic E-state index is 0.551. The summed E-state index contributed by atoms with van der Waals surface area (Å²) in [6, 6.07) is 4.16. The summed E-state index contributed by atoms with van der Waals surface area (Å²) < 4.78 is 11.2. The molecule has 5 rings (SSSR count). The maximum Gasteiger partial charge on any atom is 0.122 e. The molecule has 18 heavy (non-hydrogen) atoms. The van der Waals surface area contributed by atoms with Gasteiger partial charge in [0.25, 0.3) is 0 Å². The van der Waals surface area contributed by atoms with Crippen molar-refractivity contribution >= 4 is 0 Å². The summed E-state index contributed by atoms with van der Waals surface area (Å²) in [5, 5.41) is 0. The SMILES string of the molecule is COc1ccc(OC)c2c1[C@H]1CC[C@H]2[C@@]2(C)C[C@H]12. The number of ether oxygens (including phenoxy) is 2. The van der Waals surface area contributed by atoms with E-state index >= 15 is 0 Å². The molecule has 0 N–H and O–H groups in total. The molecule has 0 saturated heterocycles. The Bertz CT molecular complexity index is 522. The van der Waals surface area contributed by atoms with Crippen molar-refractivity contribution in [2.75, 3.05) is 14.2 Å². The molecule has 2 fully saturated rings. The molecule has 0 aliphatic heterocycles. The van der Waals surface area contributed by atoms with Crippen molar-refractivity contribution in [1.29, 1.82) is 0 Å². The molecule has 2 nitrogen and oxygen atoms in total. The number of benzene rings is 1. The third-order valence-electron chi connectivity index (χ3n) is 5.76. The van der Waals surface area contributed by atoms with Gasteiger partial charge in [0.2, 0.25) is 0 Å². The normalized spacial score (nSPS) is 38.9. The van der Waals surface area contributed by atoms with E-state index in [2.05, 4.69) is 19.1 Å². The van der Waals surface area contributed by atoms with Gasteiger partial charge in [-0.25, -0.2) is 0 Å². The fraction of sp³-hybridized carbons (Fsp3) is 0.625. The van der Waals surface area contributed by atoms with Crippen LogP contribution >= 0.6 is 0 Å². The second kappa shape index (κ2) is 3.23. The fourth-order valence-electron chi connectivity index (χ4n) is 4.81. The van der Waals surface area contributed by atoms with Crippen LogP contribution in [-0.2, 0) is 0 Å². The predicted molar refractivity (Wildman–Crippen MR) is 70.5 cm³/mol. The van der Waals surface area contributed by atoms with Gasteiger partial charge in [0.1, 0.15) is 11.5 Å². The second-order valence-corrected chi connectivity index (χ2v) is 6.35. The van der Waals surface area contributed by atoms with Gasteiger partial charge >= 0.3 is 0 Å². The Morgan fingerprint density at radius 3 is 2.39 bits per heavy atom. The van der Waals surface area contributed by atoms with E-state index in [1.807, 2.05) is 0 Å². The highest BCUT2D eigenvalue weighted by Crippen LogP contribution is 2.76. The lowest BCUT2D eigenvalue weighted by Crippen LogP contribution is -2.30. The summed E-state index contributed by atoms with van der Waals surface area (Å²) >= 11 is 0. The molecule has 0 spiro atoms. The molecule has 1 aromatic rings. The lowest BCUT2D eigenvalue weighted by Gasteiger charge is -2.43. The highest BCUT2D eigenvalue weighted by Gasteiger charge is 2.65. The van der Waals surface area contributed by atoms with Gasteiger partial charge in [-0.05, 0) is 54.6 Å². The Labute approximate surface area is 108 Å². The Hall–Kier alpha value is -1.18. The fourth-order valence-corrected chi connectivity index (χ4v) is 4.81. The van der Waals surface area contributed by atoms with Crippen LogP contribution in [0.25, 0.3) is 0 Å². The van der Waals surface area contributed by atoms with Crippen LogP contribution in [0.2, 0.25) is 0 Å². The van der Waals surface area contributed by atoms with E-state index in [1.54, 1.807) is 14.2 Å². The Morgan fingerprint density at radius 2 is 1.72 bits per heavy atom. The highest BCUT2D eigenvalue weighted by atomic mass is 16.5. The average molecular weight is 244 g/mol. The molecule has 2 bridgehead atoms. The van der Waals surface area contributed by atoms with Gasteiger partial charge in [-0.3, -0.25) is 0 Å². The van der Waals surface area contributed by atoms with Crippen molar-refractivity contribution in [3.05, 3.63) is 23.3 Å². The lowest BCUT2D eigenvalue weighted by atomic mass is 9.61. The van der Waals surface area contributed by atoms with E-state index in [0.29, 0.717) is 17.3 Å². The zero-order valence-corrected chi connectivity index (χ0v) is 11.3. The number of rotatable bonds is 2. The van der Waals surface area contributed by atoms with Crippen LogP contribution in [0.15, 0.2) is 12.1 Å². The predicted octanol–water partition coefficient (Wildman–Crippen LogP) is 3.70. The second-order valence-electron chi connectivity index (χ2n) is 6.35. The summed E-state index contributed by atoms with van der Waals surface area (Å²) in [7, 11) is 3.58. The monoisotopic (exact) mass is 244 g/mol. The molecular weight excluding hydrogens is 224 g/mol. The minimum Gasteiger partial charge on any atom is -0.496 e. The van der Waals surface area contributed by atoms with Gasteiger partial charge in [-0.2, -0.15) is 0 Å². The molecule has 1 aromatic carbocycles. The van der Waals surface area contributed by atoms with E-state index in [-0.39, 0.29) is 0 Å². The highest BCUT2D eigenvalue weighted by molar-refractivity contribution is 5.58. The summed E-state index contributed by atoms with van der Waals surface area (Å²) in [6.45, 7) is 2.47. The maximum atomic E-state index is 5.62. The first-order valence-corrected chi connectivity index (χ1v) is 6.95. The van der Waals surface area contributed by atoms with Crippen molar-refractivity contribution in [3.63, 3.8) is 0 Å². The van der Waals surface area contributed by atoms with Crippen LogP contribution in [0.5, 0.6) is 11.5 Å². The van der Waals surface area contributed by atoms with Gasteiger partial charge in [0, 0.05) is 11.1 Å². The number of hydrogen-bond acceptors (Lipinski definition) is 2. The summed E-state index contributed by atoms with van der Waals surface area (Å²) in [5.74, 6) is 4.44. The van der Waals surface area contributed by atoms with Crippen molar-refractivity contribution in [1.82, 2.24) is 0 Å². The molecule has 0 radical (unpaired) electrons. The lowest BCUT2D eigenvalue weighted by molar-refractivity contribution is 0.238. The van der Waals surface area contributed by atoms with Crippen LogP contribution in [-0.4, -0.2) is 14.2 Å². The molecule has 0 heterocycles. The first-order valence-electron chi connectivity index (χ1n) is 6.95. The third kappa shape index (κ3) is 1.05. The topological polar surface area (TPSA) is 18.5 Å². The Kier molecular flexibility index (Phi) is 1.92. The van der Waals surface area contributed by atoms with Crippen molar-refractivity contribution in [2.45, 2.75) is 38.0 Å². The molecule has 4 aliphatic rings. The third-order valence-corrected chi connectivity index (χ3v) is 5.76. The zero-order valence-electron chi connectivity index (χ0n) is 11.3. The molecule has 0 aromatic heterocycles. The van der Waals surface area contributed by atoms with Gasteiger partial charge in [-0.15, -0.1) is 0 Å². The van der Waals surface area contributed by atoms with E-state index in [0.717, 1.165) is 17.4 Å². The minimum absolute atomic E-state index is 0.551. The van der Waals surface area contributed by atoms with Gasteiger partial charge in [0.05, 0.1) is 14.2 Å². The van der Waals surface area contributed by atoms with Crippen molar-refractivity contribution in [2.24, 2.45) is 11.3 Å². The number of methoxy groups -OCH3 is 2. The average Bonchev–Trinajstić information content (AvgIpc) is 3.12. The smallest absolute Gasteiger partial charge is 0.122 e. The first kappa shape index (κ1) is 10.7. The standard InChI is InChI=1S/C16H20O2/c1-16-8-11(16)9-4-5-10(16)15-13(18-3)7-6-12(17-2)14(9)15/h6-7,9-11H,4-5,8H2,1-3H3/t9-,10+,11+,16+/m0/s1. The molecule has 0 unspecified atom stereocenters. The Balaban J connectivity index is 1.98. The molecule has 0 amide bonds. The van der Waals surface area contributed by atoms with Crippen LogP contribution in [0.4, 0.5) is 0 Å². The summed E-state index contributed by atoms with van der Waals surface area (Å²) in [6.07, 6.45) is 4.05. The van der Waals surface area contributed by atoms with Crippen molar-refractivity contribution in [3.8, 4) is 11.5 Å². The molecular formula is C16H20O2.